The second-order valence-electron chi connectivity index (χ2n) is 3.87. The zero-order valence-electron chi connectivity index (χ0n) is 6.42. The van der Waals surface area contributed by atoms with Crippen molar-refractivity contribution in [2.24, 2.45) is 17.8 Å². The van der Waals surface area contributed by atoms with E-state index in [2.05, 4.69) is 0 Å². The average Bonchev–Trinajstić information content (AvgIpc) is 2.44. The first-order valence-corrected chi connectivity index (χ1v) is 4.52. The van der Waals surface area contributed by atoms with Crippen LogP contribution in [0.15, 0.2) is 0 Å². The van der Waals surface area contributed by atoms with Crippen molar-refractivity contribution in [3.8, 4) is 0 Å². The van der Waals surface area contributed by atoms with Crippen molar-refractivity contribution in [2.75, 3.05) is 6.61 Å². The summed E-state index contributed by atoms with van der Waals surface area (Å²) in [4.78, 5) is 0. The Kier molecular flexibility index (Phi) is 1.69. The second-order valence-corrected chi connectivity index (χ2v) is 3.87. The largest absolute Gasteiger partial charge is 0.396 e. The van der Waals surface area contributed by atoms with E-state index in [4.69, 9.17) is 5.11 Å². The van der Waals surface area contributed by atoms with Gasteiger partial charge in [0.05, 0.1) is 0 Å². The van der Waals surface area contributed by atoms with Crippen molar-refractivity contribution in [2.45, 2.75) is 32.1 Å². The van der Waals surface area contributed by atoms with Gasteiger partial charge < -0.3 is 5.11 Å². The Morgan fingerprint density at radius 1 is 1.10 bits per heavy atom. The maximum atomic E-state index is 9.01. The van der Waals surface area contributed by atoms with Gasteiger partial charge in [-0.25, -0.2) is 0 Å². The fourth-order valence-electron chi connectivity index (χ4n) is 2.91. The van der Waals surface area contributed by atoms with Crippen molar-refractivity contribution in [1.29, 1.82) is 0 Å². The van der Waals surface area contributed by atoms with E-state index < -0.39 is 0 Å². The Morgan fingerprint density at radius 2 is 2.00 bits per heavy atom. The van der Waals surface area contributed by atoms with Crippen LogP contribution < -0.4 is 0 Å². The molecule has 0 bridgehead atoms. The van der Waals surface area contributed by atoms with E-state index in [9.17, 15) is 0 Å². The Morgan fingerprint density at radius 3 is 2.80 bits per heavy atom. The Bertz CT molecular complexity index is 122. The van der Waals surface area contributed by atoms with Crippen molar-refractivity contribution in [3.05, 3.63) is 0 Å². The van der Waals surface area contributed by atoms with Gasteiger partial charge in [0, 0.05) is 6.61 Å². The summed E-state index contributed by atoms with van der Waals surface area (Å²) in [5.41, 5.74) is 0. The van der Waals surface area contributed by atoms with Gasteiger partial charge in [-0.05, 0) is 37.0 Å². The lowest BCUT2D eigenvalue weighted by Crippen LogP contribution is -2.12. The van der Waals surface area contributed by atoms with Crippen molar-refractivity contribution < 1.29 is 5.11 Å². The van der Waals surface area contributed by atoms with Crippen molar-refractivity contribution in [3.63, 3.8) is 0 Å². The highest BCUT2D eigenvalue weighted by Crippen LogP contribution is 2.47. The van der Waals surface area contributed by atoms with Gasteiger partial charge in [0.15, 0.2) is 0 Å². The van der Waals surface area contributed by atoms with Crippen molar-refractivity contribution in [1.82, 2.24) is 0 Å². The van der Waals surface area contributed by atoms with E-state index in [1.54, 1.807) is 0 Å². The quantitative estimate of drug-likeness (QED) is 0.589. The molecule has 0 aliphatic heterocycles. The van der Waals surface area contributed by atoms with E-state index in [0.717, 1.165) is 11.8 Å². The molecule has 3 atom stereocenters. The number of rotatable bonds is 1. The van der Waals surface area contributed by atoms with Gasteiger partial charge in [-0.15, -0.1) is 0 Å². The molecule has 2 fully saturated rings. The van der Waals surface area contributed by atoms with E-state index >= 15 is 0 Å². The summed E-state index contributed by atoms with van der Waals surface area (Å²) in [5, 5.41) is 9.01. The highest BCUT2D eigenvalue weighted by molar-refractivity contribution is 4.88. The molecular formula is C9H16O. The molecule has 58 valence electrons. The lowest BCUT2D eigenvalue weighted by Gasteiger charge is -2.14. The molecule has 0 unspecified atom stereocenters. The van der Waals surface area contributed by atoms with Crippen LogP contribution in [0, 0.1) is 17.8 Å². The molecule has 2 aliphatic rings. The van der Waals surface area contributed by atoms with Crippen LogP contribution >= 0.6 is 0 Å². The molecule has 2 rings (SSSR count). The van der Waals surface area contributed by atoms with Gasteiger partial charge in [-0.2, -0.15) is 0 Å². The molecule has 0 amide bonds. The lowest BCUT2D eigenvalue weighted by molar-refractivity contribution is 0.188. The van der Waals surface area contributed by atoms with Crippen LogP contribution in [0.1, 0.15) is 32.1 Å². The van der Waals surface area contributed by atoms with Gasteiger partial charge >= 0.3 is 0 Å². The SMILES string of the molecule is OC[C@H]1CC[C@@H]2CCC[C@@H]21. The minimum atomic E-state index is 0.446. The van der Waals surface area contributed by atoms with E-state index in [0.29, 0.717) is 12.5 Å². The van der Waals surface area contributed by atoms with Gasteiger partial charge in [-0.1, -0.05) is 12.8 Å². The van der Waals surface area contributed by atoms with Crippen LogP contribution in [-0.2, 0) is 0 Å². The highest BCUT2D eigenvalue weighted by atomic mass is 16.3. The number of aliphatic hydroxyl groups is 1. The first kappa shape index (κ1) is 6.66. The fourth-order valence-corrected chi connectivity index (χ4v) is 2.91. The van der Waals surface area contributed by atoms with Crippen LogP contribution in [0.2, 0.25) is 0 Å². The van der Waals surface area contributed by atoms with E-state index in [1.807, 2.05) is 0 Å². The Labute approximate surface area is 62.4 Å². The minimum Gasteiger partial charge on any atom is -0.396 e. The summed E-state index contributed by atoms with van der Waals surface area (Å²) in [6.45, 7) is 0.446. The third-order valence-electron chi connectivity index (χ3n) is 3.47. The first-order valence-electron chi connectivity index (χ1n) is 4.52. The van der Waals surface area contributed by atoms with Crippen LogP contribution in [0.3, 0.4) is 0 Å². The predicted molar refractivity (Wildman–Crippen MR) is 40.6 cm³/mol. The molecule has 2 aliphatic carbocycles. The topological polar surface area (TPSA) is 20.2 Å². The van der Waals surface area contributed by atoms with E-state index in [1.165, 1.54) is 32.1 Å². The zero-order chi connectivity index (χ0) is 6.97. The average molecular weight is 140 g/mol. The minimum absolute atomic E-state index is 0.446. The predicted octanol–water partition coefficient (Wildman–Crippen LogP) is 1.80. The Balaban J connectivity index is 2.01. The van der Waals surface area contributed by atoms with Crippen LogP contribution in [0.4, 0.5) is 0 Å². The van der Waals surface area contributed by atoms with Crippen LogP contribution in [0.25, 0.3) is 0 Å². The molecule has 1 N–H and O–H groups in total. The third-order valence-corrected chi connectivity index (χ3v) is 3.47. The molecule has 0 spiro atoms. The molecule has 1 heteroatoms. The molecule has 10 heavy (non-hydrogen) atoms. The summed E-state index contributed by atoms with van der Waals surface area (Å²) in [5.74, 6) is 2.58. The first-order chi connectivity index (χ1) is 4.92. The molecule has 2 saturated carbocycles. The lowest BCUT2D eigenvalue weighted by atomic mass is 9.93. The maximum Gasteiger partial charge on any atom is 0.0462 e. The number of fused-ring (bicyclic) bond motifs is 1. The Hall–Kier alpha value is -0.0400. The molecule has 0 radical (unpaired) electrons. The highest BCUT2D eigenvalue weighted by Gasteiger charge is 2.38. The van der Waals surface area contributed by atoms with Gasteiger partial charge in [0.25, 0.3) is 0 Å². The van der Waals surface area contributed by atoms with Gasteiger partial charge in [-0.3, -0.25) is 0 Å². The molecule has 0 heterocycles. The standard InChI is InChI=1S/C9H16O/c10-6-8-5-4-7-2-1-3-9(7)8/h7-10H,1-6H2/t7-,8+,9-/m0/s1. The molecule has 0 aromatic heterocycles. The second kappa shape index (κ2) is 2.54. The molecular weight excluding hydrogens is 124 g/mol. The van der Waals surface area contributed by atoms with Crippen molar-refractivity contribution >= 4 is 0 Å². The van der Waals surface area contributed by atoms with Crippen LogP contribution in [-0.4, -0.2) is 11.7 Å². The smallest absolute Gasteiger partial charge is 0.0462 e. The van der Waals surface area contributed by atoms with Crippen LogP contribution in [0.5, 0.6) is 0 Å². The molecule has 0 aromatic carbocycles. The number of hydrogen-bond acceptors (Lipinski definition) is 1. The maximum absolute atomic E-state index is 9.01. The number of aliphatic hydroxyl groups excluding tert-OH is 1. The van der Waals surface area contributed by atoms with Gasteiger partial charge in [0.2, 0.25) is 0 Å². The number of hydrogen-bond donors (Lipinski definition) is 1. The summed E-state index contributed by atoms with van der Waals surface area (Å²) >= 11 is 0. The molecule has 0 saturated heterocycles. The summed E-state index contributed by atoms with van der Waals surface area (Å²) in [6, 6.07) is 0. The molecule has 0 aromatic rings. The third kappa shape index (κ3) is 0.878. The zero-order valence-corrected chi connectivity index (χ0v) is 6.42. The monoisotopic (exact) mass is 140 g/mol. The summed E-state index contributed by atoms with van der Waals surface area (Å²) < 4.78 is 0. The summed E-state index contributed by atoms with van der Waals surface area (Å²) in [6.07, 6.45) is 6.96. The normalized spacial score (nSPS) is 45.9. The van der Waals surface area contributed by atoms with E-state index in [-0.39, 0.29) is 0 Å². The summed E-state index contributed by atoms with van der Waals surface area (Å²) in [7, 11) is 0. The fraction of sp³-hybridized carbons (Fsp3) is 1.00. The van der Waals surface area contributed by atoms with Gasteiger partial charge in [0.1, 0.15) is 0 Å². The molecule has 1 nitrogen and oxygen atoms in total.